The molecule has 1 aromatic heterocycles. The number of aryl methyl sites for hydroxylation is 2. The van der Waals surface area contributed by atoms with E-state index in [1.54, 1.807) is 12.1 Å². The first kappa shape index (κ1) is 18.4. The Labute approximate surface area is 154 Å². The first-order chi connectivity index (χ1) is 12.4. The summed E-state index contributed by atoms with van der Waals surface area (Å²) < 4.78 is 15.1. The Kier molecular flexibility index (Phi) is 5.30. The number of halogens is 1. The summed E-state index contributed by atoms with van der Waals surface area (Å²) in [4.78, 5) is 4.74. The number of aromatic nitrogens is 2. The molecule has 2 N–H and O–H groups in total. The molecule has 0 bridgehead atoms. The first-order valence-electron chi connectivity index (χ1n) is 9.22. The zero-order chi connectivity index (χ0) is 18.7. The van der Waals surface area contributed by atoms with Crippen LogP contribution >= 0.6 is 0 Å². The molecule has 0 radical (unpaired) electrons. The summed E-state index contributed by atoms with van der Waals surface area (Å²) in [6, 6.07) is 6.89. The van der Waals surface area contributed by atoms with Crippen LogP contribution in [0.25, 0.3) is 0 Å². The molecule has 0 aliphatic heterocycles. The van der Waals surface area contributed by atoms with Crippen molar-refractivity contribution in [1.82, 2.24) is 20.4 Å². The van der Waals surface area contributed by atoms with Crippen LogP contribution in [-0.2, 0) is 19.0 Å². The fraction of sp³-hybridized carbons (Fsp3) is 0.500. The Balaban J connectivity index is 1.68. The van der Waals surface area contributed by atoms with Gasteiger partial charge in [0.1, 0.15) is 5.82 Å². The number of benzene rings is 1. The van der Waals surface area contributed by atoms with Crippen molar-refractivity contribution in [2.75, 3.05) is 13.1 Å². The van der Waals surface area contributed by atoms with Gasteiger partial charge in [-0.25, -0.2) is 9.38 Å². The number of hydrogen-bond acceptors (Lipinski definition) is 2. The van der Waals surface area contributed by atoms with Crippen LogP contribution in [0, 0.1) is 19.7 Å². The summed E-state index contributed by atoms with van der Waals surface area (Å²) in [7, 11) is 1.96. The lowest BCUT2D eigenvalue weighted by Gasteiger charge is -2.19. The second-order valence-corrected chi connectivity index (χ2v) is 7.11. The van der Waals surface area contributed by atoms with Gasteiger partial charge < -0.3 is 10.6 Å². The van der Waals surface area contributed by atoms with Crippen LogP contribution in [0.2, 0.25) is 0 Å². The van der Waals surface area contributed by atoms with Crippen LogP contribution in [0.4, 0.5) is 4.39 Å². The lowest BCUT2D eigenvalue weighted by molar-refractivity contribution is 0.617. The van der Waals surface area contributed by atoms with E-state index in [0.29, 0.717) is 6.54 Å². The van der Waals surface area contributed by atoms with Crippen LogP contribution in [0.1, 0.15) is 42.3 Å². The Bertz CT molecular complexity index is 787. The van der Waals surface area contributed by atoms with Crippen LogP contribution in [0.15, 0.2) is 29.3 Å². The molecule has 0 spiro atoms. The van der Waals surface area contributed by atoms with Crippen molar-refractivity contribution < 1.29 is 4.39 Å². The summed E-state index contributed by atoms with van der Waals surface area (Å²) >= 11 is 0. The van der Waals surface area contributed by atoms with E-state index in [4.69, 9.17) is 4.99 Å². The summed E-state index contributed by atoms with van der Waals surface area (Å²) in [5.41, 5.74) is 4.64. The van der Waals surface area contributed by atoms with Crippen molar-refractivity contribution in [3.05, 3.63) is 52.6 Å². The normalized spacial score (nSPS) is 15.8. The average Bonchev–Trinajstić information content (AvgIpc) is 3.36. The summed E-state index contributed by atoms with van der Waals surface area (Å²) in [6.45, 7) is 8.36. The minimum Gasteiger partial charge on any atom is -0.357 e. The highest BCUT2D eigenvalue weighted by Crippen LogP contribution is 2.47. The van der Waals surface area contributed by atoms with Gasteiger partial charge in [-0.15, -0.1) is 0 Å². The molecular formula is C20H28FN5. The van der Waals surface area contributed by atoms with E-state index in [2.05, 4.69) is 29.6 Å². The van der Waals surface area contributed by atoms with Gasteiger partial charge in [0.2, 0.25) is 0 Å². The van der Waals surface area contributed by atoms with E-state index in [9.17, 15) is 4.39 Å². The van der Waals surface area contributed by atoms with Crippen molar-refractivity contribution in [2.24, 2.45) is 12.0 Å². The zero-order valence-electron chi connectivity index (χ0n) is 16.1. The molecule has 2 aromatic rings. The Hall–Kier alpha value is -2.37. The van der Waals surface area contributed by atoms with E-state index < -0.39 is 0 Å². The molecule has 6 heteroatoms. The Morgan fingerprint density at radius 1 is 1.23 bits per heavy atom. The van der Waals surface area contributed by atoms with Crippen molar-refractivity contribution in [2.45, 2.75) is 45.6 Å². The number of aliphatic imine (C=N–C) groups is 1. The summed E-state index contributed by atoms with van der Waals surface area (Å²) in [6.07, 6.45) is 2.23. The Morgan fingerprint density at radius 3 is 2.46 bits per heavy atom. The lowest BCUT2D eigenvalue weighted by Crippen LogP contribution is -2.41. The van der Waals surface area contributed by atoms with Gasteiger partial charge in [-0.3, -0.25) is 4.68 Å². The van der Waals surface area contributed by atoms with E-state index in [-0.39, 0.29) is 11.2 Å². The molecule has 1 aliphatic rings. The number of guanidine groups is 1. The molecule has 1 heterocycles. The number of hydrogen-bond donors (Lipinski definition) is 2. The number of rotatable bonds is 6. The maximum absolute atomic E-state index is 13.2. The molecular weight excluding hydrogens is 329 g/mol. The number of nitrogens with zero attached hydrogens (tertiary/aromatic N) is 3. The minimum atomic E-state index is -0.186. The molecule has 0 saturated heterocycles. The van der Waals surface area contributed by atoms with Crippen LogP contribution < -0.4 is 10.6 Å². The molecule has 5 nitrogen and oxygen atoms in total. The minimum absolute atomic E-state index is 0.101. The van der Waals surface area contributed by atoms with Crippen molar-refractivity contribution in [3.8, 4) is 0 Å². The van der Waals surface area contributed by atoms with Crippen LogP contribution in [-0.4, -0.2) is 28.8 Å². The molecule has 140 valence electrons. The maximum Gasteiger partial charge on any atom is 0.191 e. The topological polar surface area (TPSA) is 54.2 Å². The molecule has 26 heavy (non-hydrogen) atoms. The summed E-state index contributed by atoms with van der Waals surface area (Å²) in [5.74, 6) is 0.623. The van der Waals surface area contributed by atoms with Gasteiger partial charge >= 0.3 is 0 Å². The van der Waals surface area contributed by atoms with E-state index in [0.717, 1.165) is 43.3 Å². The van der Waals surface area contributed by atoms with Gasteiger partial charge in [0.15, 0.2) is 5.96 Å². The second-order valence-electron chi connectivity index (χ2n) is 7.11. The molecule has 1 saturated carbocycles. The first-order valence-corrected chi connectivity index (χ1v) is 9.22. The van der Waals surface area contributed by atoms with Gasteiger partial charge in [-0.05, 0) is 51.3 Å². The van der Waals surface area contributed by atoms with E-state index >= 15 is 0 Å². The van der Waals surface area contributed by atoms with Crippen LogP contribution in [0.5, 0.6) is 0 Å². The van der Waals surface area contributed by atoms with Gasteiger partial charge in [0, 0.05) is 36.8 Å². The fourth-order valence-corrected chi connectivity index (χ4v) is 3.32. The van der Waals surface area contributed by atoms with Gasteiger partial charge in [0.25, 0.3) is 0 Å². The monoisotopic (exact) mass is 357 g/mol. The zero-order valence-corrected chi connectivity index (χ0v) is 16.1. The maximum atomic E-state index is 13.2. The third-order valence-electron chi connectivity index (χ3n) is 5.30. The second kappa shape index (κ2) is 7.48. The molecule has 1 aliphatic carbocycles. The highest BCUT2D eigenvalue weighted by molar-refractivity contribution is 5.80. The Morgan fingerprint density at radius 2 is 1.92 bits per heavy atom. The van der Waals surface area contributed by atoms with Crippen molar-refractivity contribution >= 4 is 5.96 Å². The van der Waals surface area contributed by atoms with Crippen molar-refractivity contribution in [1.29, 1.82) is 0 Å². The third kappa shape index (κ3) is 3.89. The fourth-order valence-electron chi connectivity index (χ4n) is 3.32. The molecule has 3 rings (SSSR count). The average molecular weight is 357 g/mol. The van der Waals surface area contributed by atoms with Gasteiger partial charge in [-0.2, -0.15) is 5.10 Å². The van der Waals surface area contributed by atoms with E-state index in [1.807, 2.05) is 30.8 Å². The lowest BCUT2D eigenvalue weighted by atomic mass is 9.96. The SMILES string of the molecule is CCNC(=NCc1c(C)nn(C)c1C)NCC1(c2ccc(F)cc2)CC1. The highest BCUT2D eigenvalue weighted by atomic mass is 19.1. The highest BCUT2D eigenvalue weighted by Gasteiger charge is 2.44. The standard InChI is InChI=1S/C20H28FN5/c1-5-22-19(23-12-18-14(2)25-26(4)15(18)3)24-13-20(10-11-20)16-6-8-17(21)9-7-16/h6-9H,5,10-13H2,1-4H3,(H2,22,23,24). The summed E-state index contributed by atoms with van der Waals surface area (Å²) in [5, 5.41) is 11.2. The molecule has 0 unspecified atom stereocenters. The predicted octanol–water partition coefficient (Wildman–Crippen LogP) is 2.96. The molecule has 0 amide bonds. The smallest absolute Gasteiger partial charge is 0.191 e. The van der Waals surface area contributed by atoms with E-state index in [1.165, 1.54) is 11.1 Å². The van der Waals surface area contributed by atoms with Gasteiger partial charge in [-0.1, -0.05) is 12.1 Å². The molecule has 0 atom stereocenters. The van der Waals surface area contributed by atoms with Crippen molar-refractivity contribution in [3.63, 3.8) is 0 Å². The van der Waals surface area contributed by atoms with Gasteiger partial charge in [0.05, 0.1) is 12.2 Å². The quantitative estimate of drug-likeness (QED) is 0.617. The largest absolute Gasteiger partial charge is 0.357 e. The molecule has 1 fully saturated rings. The third-order valence-corrected chi connectivity index (χ3v) is 5.30. The predicted molar refractivity (Wildman–Crippen MR) is 103 cm³/mol. The van der Waals surface area contributed by atoms with Crippen LogP contribution in [0.3, 0.4) is 0 Å². The number of nitrogens with one attached hydrogen (secondary N) is 2. The molecule has 1 aromatic carbocycles.